The quantitative estimate of drug-likeness (QED) is 0.606. The summed E-state index contributed by atoms with van der Waals surface area (Å²) in [5.74, 6) is 0.250. The van der Waals surface area contributed by atoms with E-state index in [9.17, 15) is 4.79 Å². The fourth-order valence-corrected chi connectivity index (χ4v) is 1.39. The molecule has 0 aliphatic rings. The molecule has 3 nitrogen and oxygen atoms in total. The van der Waals surface area contributed by atoms with Crippen LogP contribution >= 0.6 is 15.9 Å². The second kappa shape index (κ2) is 4.17. The average molecular weight is 261 g/mol. The third-order valence-electron chi connectivity index (χ3n) is 1.49. The topological polar surface area (TPSA) is 39.4 Å². The van der Waals surface area contributed by atoms with E-state index in [4.69, 9.17) is 9.15 Å². The molecular weight excluding hydrogens is 248 g/mol. The van der Waals surface area contributed by atoms with Crippen molar-refractivity contribution in [2.24, 2.45) is 0 Å². The summed E-state index contributed by atoms with van der Waals surface area (Å²) >= 11 is 3.23. The number of furan rings is 1. The number of esters is 1. The molecule has 0 aliphatic carbocycles. The van der Waals surface area contributed by atoms with Gasteiger partial charge in [-0.25, -0.2) is 4.79 Å². The lowest BCUT2D eigenvalue weighted by molar-refractivity contribution is 0.00677. The van der Waals surface area contributed by atoms with Crippen LogP contribution in [-0.4, -0.2) is 11.6 Å². The van der Waals surface area contributed by atoms with E-state index in [1.807, 2.05) is 20.8 Å². The minimum absolute atomic E-state index is 0.347. The van der Waals surface area contributed by atoms with Crippen molar-refractivity contribution in [3.05, 3.63) is 23.7 Å². The van der Waals surface area contributed by atoms with E-state index in [2.05, 4.69) is 15.9 Å². The largest absolute Gasteiger partial charge is 0.468 e. The standard InChI is InChI=1S/C10H13BrO3/c1-10(2,3)14-9(12)7-4-5-13-8(7)6-11/h4-5H,6H2,1-3H3. The molecule has 0 unspecified atom stereocenters. The van der Waals surface area contributed by atoms with Crippen LogP contribution in [0.5, 0.6) is 0 Å². The maximum Gasteiger partial charge on any atom is 0.342 e. The summed E-state index contributed by atoms with van der Waals surface area (Å²) in [6, 6.07) is 1.62. The average Bonchev–Trinajstić information content (AvgIpc) is 2.47. The van der Waals surface area contributed by atoms with E-state index < -0.39 is 5.60 Å². The second-order valence-electron chi connectivity index (χ2n) is 3.89. The molecule has 0 atom stereocenters. The third-order valence-corrected chi connectivity index (χ3v) is 1.99. The maximum absolute atomic E-state index is 11.6. The Morgan fingerprint density at radius 2 is 2.21 bits per heavy atom. The van der Waals surface area contributed by atoms with Gasteiger partial charge in [0.2, 0.25) is 0 Å². The molecule has 0 radical (unpaired) electrons. The highest BCUT2D eigenvalue weighted by Gasteiger charge is 2.21. The smallest absolute Gasteiger partial charge is 0.342 e. The molecule has 0 fully saturated rings. The van der Waals surface area contributed by atoms with Gasteiger partial charge in [-0.2, -0.15) is 0 Å². The second-order valence-corrected chi connectivity index (χ2v) is 4.45. The Hall–Kier alpha value is -0.770. The molecular formula is C10H13BrO3. The zero-order chi connectivity index (χ0) is 10.8. The Kier molecular flexibility index (Phi) is 3.37. The van der Waals surface area contributed by atoms with Crippen LogP contribution in [0, 0.1) is 0 Å². The maximum atomic E-state index is 11.6. The Morgan fingerprint density at radius 1 is 1.57 bits per heavy atom. The van der Waals surface area contributed by atoms with E-state index in [0.29, 0.717) is 16.7 Å². The first-order chi connectivity index (χ1) is 6.44. The molecule has 0 aliphatic heterocycles. The summed E-state index contributed by atoms with van der Waals surface area (Å²) in [4.78, 5) is 11.6. The number of carbonyl (C=O) groups excluding carboxylic acids is 1. The summed E-state index contributed by atoms with van der Waals surface area (Å²) in [6.45, 7) is 5.50. The summed E-state index contributed by atoms with van der Waals surface area (Å²) in [7, 11) is 0. The zero-order valence-corrected chi connectivity index (χ0v) is 10.1. The van der Waals surface area contributed by atoms with E-state index in [-0.39, 0.29) is 5.97 Å². The van der Waals surface area contributed by atoms with Crippen LogP contribution in [0.2, 0.25) is 0 Å². The first-order valence-electron chi connectivity index (χ1n) is 4.30. The third kappa shape index (κ3) is 2.87. The van der Waals surface area contributed by atoms with Gasteiger partial charge in [0.1, 0.15) is 16.9 Å². The Morgan fingerprint density at radius 3 is 2.71 bits per heavy atom. The van der Waals surface area contributed by atoms with E-state index in [1.54, 1.807) is 6.07 Å². The molecule has 0 amide bonds. The number of alkyl halides is 1. The van der Waals surface area contributed by atoms with Crippen molar-refractivity contribution >= 4 is 21.9 Å². The van der Waals surface area contributed by atoms with Crippen molar-refractivity contribution in [3.8, 4) is 0 Å². The van der Waals surface area contributed by atoms with Crippen LogP contribution in [0.15, 0.2) is 16.7 Å². The predicted molar refractivity (Wildman–Crippen MR) is 56.5 cm³/mol. The molecule has 1 aromatic rings. The summed E-state index contributed by atoms with van der Waals surface area (Å²) in [5, 5.41) is 0.509. The van der Waals surface area contributed by atoms with Gasteiger partial charge in [0, 0.05) is 0 Å². The molecule has 14 heavy (non-hydrogen) atoms. The van der Waals surface area contributed by atoms with Crippen LogP contribution in [0.25, 0.3) is 0 Å². The molecule has 4 heteroatoms. The number of halogens is 1. The van der Waals surface area contributed by atoms with Crippen molar-refractivity contribution in [1.82, 2.24) is 0 Å². The van der Waals surface area contributed by atoms with Gasteiger partial charge in [-0.05, 0) is 26.8 Å². The fourth-order valence-electron chi connectivity index (χ4n) is 0.959. The van der Waals surface area contributed by atoms with Crippen molar-refractivity contribution in [2.75, 3.05) is 0 Å². The van der Waals surface area contributed by atoms with Gasteiger partial charge in [-0.1, -0.05) is 15.9 Å². The number of ether oxygens (including phenoxy) is 1. The Bertz CT molecular complexity index is 322. The molecule has 0 spiro atoms. The Labute approximate surface area is 91.6 Å². The summed E-state index contributed by atoms with van der Waals surface area (Å²) in [5.41, 5.74) is 0.00888. The van der Waals surface area contributed by atoms with E-state index >= 15 is 0 Å². The van der Waals surface area contributed by atoms with Gasteiger partial charge < -0.3 is 9.15 Å². The van der Waals surface area contributed by atoms with Gasteiger partial charge in [-0.3, -0.25) is 0 Å². The van der Waals surface area contributed by atoms with E-state index in [0.717, 1.165) is 0 Å². The number of carbonyl (C=O) groups is 1. The van der Waals surface area contributed by atoms with Crippen molar-refractivity contribution in [3.63, 3.8) is 0 Å². The lowest BCUT2D eigenvalue weighted by Gasteiger charge is -2.19. The molecule has 0 saturated heterocycles. The van der Waals surface area contributed by atoms with Crippen LogP contribution in [-0.2, 0) is 10.1 Å². The highest BCUT2D eigenvalue weighted by molar-refractivity contribution is 9.08. The van der Waals surface area contributed by atoms with Gasteiger partial charge in [-0.15, -0.1) is 0 Å². The van der Waals surface area contributed by atoms with Crippen LogP contribution in [0.4, 0.5) is 0 Å². The molecule has 0 bridgehead atoms. The summed E-state index contributed by atoms with van der Waals surface area (Å²) < 4.78 is 10.3. The fraction of sp³-hybridized carbons (Fsp3) is 0.500. The SMILES string of the molecule is CC(C)(C)OC(=O)c1ccoc1CBr. The van der Waals surface area contributed by atoms with Crippen LogP contribution in [0.3, 0.4) is 0 Å². The zero-order valence-electron chi connectivity index (χ0n) is 8.46. The lowest BCUT2D eigenvalue weighted by Crippen LogP contribution is -2.24. The van der Waals surface area contributed by atoms with Crippen LogP contribution in [0.1, 0.15) is 36.9 Å². The minimum Gasteiger partial charge on any atom is -0.468 e. The molecule has 0 aromatic carbocycles. The molecule has 1 aromatic heterocycles. The number of hydrogen-bond donors (Lipinski definition) is 0. The van der Waals surface area contributed by atoms with Crippen molar-refractivity contribution < 1.29 is 13.9 Å². The van der Waals surface area contributed by atoms with Crippen molar-refractivity contribution in [2.45, 2.75) is 31.7 Å². The summed E-state index contributed by atoms with van der Waals surface area (Å²) in [6.07, 6.45) is 1.48. The minimum atomic E-state index is -0.474. The predicted octanol–water partition coefficient (Wildman–Crippen LogP) is 3.13. The lowest BCUT2D eigenvalue weighted by atomic mass is 10.2. The van der Waals surface area contributed by atoms with Gasteiger partial charge in [0.25, 0.3) is 0 Å². The van der Waals surface area contributed by atoms with Gasteiger partial charge in [0.05, 0.1) is 11.6 Å². The molecule has 1 heterocycles. The van der Waals surface area contributed by atoms with Crippen LogP contribution < -0.4 is 0 Å². The molecule has 78 valence electrons. The molecule has 0 saturated carbocycles. The van der Waals surface area contributed by atoms with Gasteiger partial charge >= 0.3 is 5.97 Å². The first kappa shape index (κ1) is 11.3. The highest BCUT2D eigenvalue weighted by Crippen LogP contribution is 2.18. The first-order valence-corrected chi connectivity index (χ1v) is 5.42. The molecule has 1 rings (SSSR count). The van der Waals surface area contributed by atoms with Gasteiger partial charge in [0.15, 0.2) is 0 Å². The monoisotopic (exact) mass is 260 g/mol. The number of rotatable bonds is 2. The highest BCUT2D eigenvalue weighted by atomic mass is 79.9. The molecule has 0 N–H and O–H groups in total. The Balaban J connectivity index is 2.80. The number of hydrogen-bond acceptors (Lipinski definition) is 3. The van der Waals surface area contributed by atoms with Crippen molar-refractivity contribution in [1.29, 1.82) is 0 Å². The normalized spacial score (nSPS) is 11.4. The van der Waals surface area contributed by atoms with E-state index in [1.165, 1.54) is 6.26 Å².